The molecule has 7 heavy (non-hydrogen) atoms. The lowest BCUT2D eigenvalue weighted by Gasteiger charge is -1.94. The molecule has 0 aromatic heterocycles. The maximum absolute atomic E-state index is 3.88. The van der Waals surface area contributed by atoms with Gasteiger partial charge >= 0.3 is 0 Å². The molecule has 0 saturated carbocycles. The lowest BCUT2D eigenvalue weighted by atomic mass is 10.2. The minimum Gasteiger partial charge on any atom is -0.0886 e. The summed E-state index contributed by atoms with van der Waals surface area (Å²) in [5.41, 5.74) is 0. The molecule has 0 aromatic carbocycles. The lowest BCUT2D eigenvalue weighted by molar-refractivity contribution is 0.844. The van der Waals surface area contributed by atoms with Gasteiger partial charge in [0.2, 0.25) is 0 Å². The Morgan fingerprint density at radius 2 is 2.57 bits per heavy atom. The Morgan fingerprint density at radius 3 is 2.71 bits per heavy atom. The number of rotatable bonds is 0. The van der Waals surface area contributed by atoms with Crippen molar-refractivity contribution < 1.29 is 0 Å². The summed E-state index contributed by atoms with van der Waals surface area (Å²) in [5, 5.41) is 0. The van der Waals surface area contributed by atoms with Crippen molar-refractivity contribution in [2.75, 3.05) is 5.75 Å². The summed E-state index contributed by atoms with van der Waals surface area (Å²) in [6, 6.07) is 0. The van der Waals surface area contributed by atoms with E-state index in [9.17, 15) is 0 Å². The Morgan fingerprint density at radius 1 is 1.86 bits per heavy atom. The average molecular weight is 132 g/mol. The van der Waals surface area contributed by atoms with E-state index in [1.165, 1.54) is 10.7 Å². The molecule has 0 spiro atoms. The van der Waals surface area contributed by atoms with Crippen LogP contribution in [0, 0.1) is 5.92 Å². The summed E-state index contributed by atoms with van der Waals surface area (Å²) < 4.78 is 0. The molecule has 1 fully saturated rings. The van der Waals surface area contributed by atoms with Gasteiger partial charge in [-0.25, -0.2) is 0 Å². The van der Waals surface area contributed by atoms with Crippen molar-refractivity contribution in [1.82, 2.24) is 0 Å². The SMILES string of the molecule is C=C1SSCC1C. The van der Waals surface area contributed by atoms with E-state index in [-0.39, 0.29) is 0 Å². The van der Waals surface area contributed by atoms with Gasteiger partial charge in [-0.3, -0.25) is 0 Å². The molecule has 1 atom stereocenters. The first-order chi connectivity index (χ1) is 3.30. The Bertz CT molecular complexity index is 88.1. The van der Waals surface area contributed by atoms with Crippen molar-refractivity contribution >= 4 is 21.6 Å². The van der Waals surface area contributed by atoms with Crippen molar-refractivity contribution in [2.24, 2.45) is 5.92 Å². The van der Waals surface area contributed by atoms with Crippen LogP contribution in [0.15, 0.2) is 11.5 Å². The van der Waals surface area contributed by atoms with Gasteiger partial charge in [0.05, 0.1) is 0 Å². The van der Waals surface area contributed by atoms with Gasteiger partial charge in [0.25, 0.3) is 0 Å². The molecule has 1 aliphatic rings. The molecule has 40 valence electrons. The molecular weight excluding hydrogens is 124 g/mol. The van der Waals surface area contributed by atoms with Gasteiger partial charge in [-0.05, 0) is 10.8 Å². The molecule has 0 nitrogen and oxygen atoms in total. The van der Waals surface area contributed by atoms with E-state index in [4.69, 9.17) is 0 Å². The third kappa shape index (κ3) is 1.16. The third-order valence-corrected chi connectivity index (χ3v) is 3.81. The lowest BCUT2D eigenvalue weighted by Crippen LogP contribution is -1.88. The molecule has 0 radical (unpaired) electrons. The summed E-state index contributed by atoms with van der Waals surface area (Å²) >= 11 is 0. The van der Waals surface area contributed by atoms with Crippen molar-refractivity contribution in [3.63, 3.8) is 0 Å². The molecule has 0 amide bonds. The monoisotopic (exact) mass is 132 g/mol. The van der Waals surface area contributed by atoms with E-state index in [1.54, 1.807) is 0 Å². The van der Waals surface area contributed by atoms with Gasteiger partial charge in [-0.2, -0.15) is 0 Å². The van der Waals surface area contributed by atoms with Crippen LogP contribution in [0.1, 0.15) is 6.92 Å². The first-order valence-corrected chi connectivity index (χ1v) is 4.61. The predicted molar refractivity (Wildman–Crippen MR) is 38.4 cm³/mol. The Hall–Kier alpha value is 0.440. The molecular formula is C5H8S2. The van der Waals surface area contributed by atoms with Crippen LogP contribution in [-0.2, 0) is 0 Å². The molecule has 0 bridgehead atoms. The van der Waals surface area contributed by atoms with Gasteiger partial charge in [0.1, 0.15) is 0 Å². The standard InChI is InChI=1S/C5H8S2/c1-4-3-6-7-5(4)2/h4H,2-3H2,1H3. The summed E-state index contributed by atoms with van der Waals surface area (Å²) in [7, 11) is 3.73. The fraction of sp³-hybridized carbons (Fsp3) is 0.600. The van der Waals surface area contributed by atoms with E-state index in [2.05, 4.69) is 13.5 Å². The van der Waals surface area contributed by atoms with Crippen LogP contribution in [0.25, 0.3) is 0 Å². The molecule has 0 N–H and O–H groups in total. The van der Waals surface area contributed by atoms with E-state index in [0.717, 1.165) is 5.92 Å². The molecule has 1 rings (SSSR count). The number of allylic oxidation sites excluding steroid dienone is 1. The van der Waals surface area contributed by atoms with Crippen molar-refractivity contribution in [2.45, 2.75) is 6.92 Å². The third-order valence-electron chi connectivity index (χ3n) is 1.03. The quantitative estimate of drug-likeness (QED) is 0.464. The second-order valence-electron chi connectivity index (χ2n) is 1.74. The van der Waals surface area contributed by atoms with Gasteiger partial charge in [0.15, 0.2) is 0 Å². The number of hydrogen-bond donors (Lipinski definition) is 0. The molecule has 2 heteroatoms. The zero-order valence-electron chi connectivity index (χ0n) is 4.31. The summed E-state index contributed by atoms with van der Waals surface area (Å²) in [5.74, 6) is 2.00. The smallest absolute Gasteiger partial charge is 0.0112 e. The highest BCUT2D eigenvalue weighted by molar-refractivity contribution is 8.78. The predicted octanol–water partition coefficient (Wildman–Crippen LogP) is 2.53. The normalized spacial score (nSPS) is 31.6. The zero-order chi connectivity index (χ0) is 5.28. The molecule has 0 aromatic rings. The van der Waals surface area contributed by atoms with Crippen LogP contribution < -0.4 is 0 Å². The maximum Gasteiger partial charge on any atom is 0.0112 e. The van der Waals surface area contributed by atoms with Crippen molar-refractivity contribution in [3.05, 3.63) is 11.5 Å². The topological polar surface area (TPSA) is 0 Å². The largest absolute Gasteiger partial charge is 0.0886 e. The molecule has 1 saturated heterocycles. The van der Waals surface area contributed by atoms with Crippen LogP contribution in [0.4, 0.5) is 0 Å². The first-order valence-electron chi connectivity index (χ1n) is 2.29. The van der Waals surface area contributed by atoms with Crippen LogP contribution in [0.5, 0.6) is 0 Å². The van der Waals surface area contributed by atoms with Crippen LogP contribution >= 0.6 is 21.6 Å². The van der Waals surface area contributed by atoms with E-state index in [1.807, 2.05) is 21.6 Å². The molecule has 1 aliphatic heterocycles. The Labute approximate surface area is 52.1 Å². The highest BCUT2D eigenvalue weighted by Crippen LogP contribution is 2.43. The maximum atomic E-state index is 3.88. The fourth-order valence-electron chi connectivity index (χ4n) is 0.387. The van der Waals surface area contributed by atoms with Gasteiger partial charge < -0.3 is 0 Å². The van der Waals surface area contributed by atoms with Gasteiger partial charge in [-0.15, -0.1) is 0 Å². The highest BCUT2D eigenvalue weighted by Gasteiger charge is 2.14. The second kappa shape index (κ2) is 2.14. The fourth-order valence-corrected chi connectivity index (χ4v) is 3.13. The van der Waals surface area contributed by atoms with Crippen LogP contribution in [-0.4, -0.2) is 5.75 Å². The molecule has 1 unspecified atom stereocenters. The summed E-state index contributed by atoms with van der Waals surface area (Å²) in [6.45, 7) is 6.09. The zero-order valence-corrected chi connectivity index (χ0v) is 5.94. The Balaban J connectivity index is 2.48. The van der Waals surface area contributed by atoms with E-state index < -0.39 is 0 Å². The number of hydrogen-bond acceptors (Lipinski definition) is 2. The van der Waals surface area contributed by atoms with E-state index in [0.29, 0.717) is 0 Å². The molecule has 1 heterocycles. The average Bonchev–Trinajstić information content (AvgIpc) is 1.91. The highest BCUT2D eigenvalue weighted by atomic mass is 33.1. The second-order valence-corrected chi connectivity index (χ2v) is 4.20. The van der Waals surface area contributed by atoms with Gasteiger partial charge in [0, 0.05) is 5.75 Å². The molecule has 0 aliphatic carbocycles. The van der Waals surface area contributed by atoms with Gasteiger partial charge in [-0.1, -0.05) is 35.1 Å². The first kappa shape index (κ1) is 5.57. The van der Waals surface area contributed by atoms with E-state index >= 15 is 0 Å². The van der Waals surface area contributed by atoms with Crippen LogP contribution in [0.3, 0.4) is 0 Å². The van der Waals surface area contributed by atoms with Crippen LogP contribution in [0.2, 0.25) is 0 Å². The summed E-state index contributed by atoms with van der Waals surface area (Å²) in [4.78, 5) is 1.34. The Kier molecular flexibility index (Phi) is 1.70. The minimum atomic E-state index is 0.745. The summed E-state index contributed by atoms with van der Waals surface area (Å²) in [6.07, 6.45) is 0. The van der Waals surface area contributed by atoms with Crippen molar-refractivity contribution in [3.8, 4) is 0 Å². The van der Waals surface area contributed by atoms with Crippen molar-refractivity contribution in [1.29, 1.82) is 0 Å². The minimum absolute atomic E-state index is 0.745.